The third kappa shape index (κ3) is 5.47. The summed E-state index contributed by atoms with van der Waals surface area (Å²) in [6.07, 6.45) is 11.1. The van der Waals surface area contributed by atoms with Gasteiger partial charge in [0.25, 0.3) is 10.0 Å². The van der Waals surface area contributed by atoms with Gasteiger partial charge in [-0.1, -0.05) is 104 Å². The number of allylic oxidation sites excluding steroid dienone is 7. The number of ketones is 2. The van der Waals surface area contributed by atoms with Gasteiger partial charge in [-0.25, -0.2) is 0 Å². The monoisotopic (exact) mass is 724 g/mol. The zero-order chi connectivity index (χ0) is 36.1. The lowest BCUT2D eigenvalue weighted by molar-refractivity contribution is -0.669. The molecule has 0 fully saturated rings. The van der Waals surface area contributed by atoms with Gasteiger partial charge in [0.1, 0.15) is 15.2 Å². The summed E-state index contributed by atoms with van der Waals surface area (Å²) in [5.41, 5.74) is 5.24. The lowest BCUT2D eigenvalue weighted by atomic mass is 9.76. The lowest BCUT2D eigenvalue weighted by Crippen LogP contribution is -2.40. The Kier molecular flexibility index (Phi) is 8.85. The van der Waals surface area contributed by atoms with Crippen LogP contribution in [-0.4, -0.2) is 23.7 Å². The van der Waals surface area contributed by atoms with Crippen molar-refractivity contribution >= 4 is 78.1 Å². The van der Waals surface area contributed by atoms with Crippen molar-refractivity contribution in [1.82, 2.24) is 0 Å². The predicted molar refractivity (Wildman–Crippen MR) is 207 cm³/mol. The summed E-state index contributed by atoms with van der Waals surface area (Å²) in [5.74, 6) is -1.43. The van der Waals surface area contributed by atoms with Crippen molar-refractivity contribution in [2.75, 3.05) is 11.9 Å². The summed E-state index contributed by atoms with van der Waals surface area (Å²) in [6.45, 7) is 5.65. The predicted octanol–water partition coefficient (Wildman–Crippen LogP) is 7.77. The van der Waals surface area contributed by atoms with E-state index in [0.717, 1.165) is 74.6 Å². The maximum absolute atomic E-state index is 14.3. The van der Waals surface area contributed by atoms with Crippen molar-refractivity contribution in [3.63, 3.8) is 0 Å². The zero-order valence-electron chi connectivity index (χ0n) is 29.3. The van der Waals surface area contributed by atoms with Crippen LogP contribution in [0.4, 0.5) is 5.69 Å². The highest BCUT2D eigenvalue weighted by Crippen LogP contribution is 2.47. The number of rotatable bonds is 10. The zero-order valence-corrected chi connectivity index (χ0v) is 30.9. The summed E-state index contributed by atoms with van der Waals surface area (Å²) in [7, 11) is 1.92. The van der Waals surface area contributed by atoms with E-state index in [1.54, 1.807) is 23.5 Å². The highest BCUT2D eigenvalue weighted by Gasteiger charge is 2.45. The highest BCUT2D eigenvalue weighted by atomic mass is 32.1. The molecule has 3 aromatic carbocycles. The van der Waals surface area contributed by atoms with E-state index >= 15 is 0 Å². The molecule has 1 N–H and O–H groups in total. The second-order valence-corrected chi connectivity index (χ2v) is 15.3. The van der Waals surface area contributed by atoms with Crippen LogP contribution >= 0.6 is 22.7 Å². The smallest absolute Gasteiger partial charge is 0.271 e. The van der Waals surface area contributed by atoms with Crippen LogP contribution in [0.3, 0.4) is 0 Å². The first-order chi connectivity index (χ1) is 25.3. The Hall–Kier alpha value is -5.38. The molecule has 2 aliphatic carbocycles. The van der Waals surface area contributed by atoms with Crippen molar-refractivity contribution in [3.8, 4) is 0 Å². The summed E-state index contributed by atoms with van der Waals surface area (Å²) >= 11 is 2.99. The van der Waals surface area contributed by atoms with E-state index in [-0.39, 0.29) is 33.6 Å². The topological polar surface area (TPSA) is 88.4 Å². The number of unbranched alkanes of at least 4 members (excludes halogenated alkanes) is 2. The maximum Gasteiger partial charge on any atom is 0.271 e. The Balaban J connectivity index is 1.30. The largest absolute Gasteiger partial charge is 0.871 e. The molecule has 0 saturated heterocycles. The fourth-order valence-corrected chi connectivity index (χ4v) is 9.52. The first kappa shape index (κ1) is 33.7. The number of nitrogens with zero attached hydrogens (tertiary/aromatic N) is 3. The fraction of sp³-hybridized carbons (Fsp3) is 0.209. The molecule has 3 heterocycles. The number of anilines is 1. The molecule has 0 radical (unpaired) electrons. The van der Waals surface area contributed by atoms with Crippen LogP contribution in [0.1, 0.15) is 55.1 Å². The number of Topliss-reactive ketones (excluding diaryl/α,β-unsaturated/α-hetero) is 2. The van der Waals surface area contributed by atoms with E-state index in [0.29, 0.717) is 11.6 Å². The molecule has 5 aromatic rings. The SMILES string of the molecule is CCCC[n+]1c(C=C2C(=O)C(C(=C3C(=O)C(C=C4C=Cc5ccccc5N4C)=C3O)c3sc4ccccc4[n+]3CCCC)=C2[O-])sc2ccccc21. The number of para-hydroxylation sites is 3. The number of aliphatic hydroxyl groups is 1. The van der Waals surface area contributed by atoms with Gasteiger partial charge in [0.15, 0.2) is 18.9 Å². The number of benzene rings is 3. The average Bonchev–Trinajstić information content (AvgIpc) is 3.72. The second kappa shape index (κ2) is 13.6. The average molecular weight is 725 g/mol. The second-order valence-electron chi connectivity index (χ2n) is 13.2. The van der Waals surface area contributed by atoms with Crippen LogP contribution in [0.2, 0.25) is 0 Å². The van der Waals surface area contributed by atoms with E-state index < -0.39 is 17.3 Å². The van der Waals surface area contributed by atoms with Crippen molar-refractivity contribution in [3.05, 3.63) is 140 Å². The quantitative estimate of drug-likeness (QED) is 0.118. The molecule has 0 atom stereocenters. The molecule has 0 unspecified atom stereocenters. The molecule has 1 aliphatic heterocycles. The third-order valence-electron chi connectivity index (χ3n) is 10.0. The minimum atomic E-state index is -0.412. The van der Waals surface area contributed by atoms with Crippen molar-refractivity contribution in [2.45, 2.75) is 52.6 Å². The van der Waals surface area contributed by atoms with Gasteiger partial charge in [-0.2, -0.15) is 9.13 Å². The Bertz CT molecular complexity index is 2520. The molecule has 260 valence electrons. The number of aryl methyl sites for hydroxylation is 2. The fourth-order valence-electron chi connectivity index (χ4n) is 7.14. The van der Waals surface area contributed by atoms with E-state index in [4.69, 9.17) is 0 Å². The number of aliphatic hydroxyl groups excluding tert-OH is 1. The maximum atomic E-state index is 14.3. The van der Waals surface area contributed by atoms with Crippen molar-refractivity contribution in [2.24, 2.45) is 0 Å². The van der Waals surface area contributed by atoms with Crippen LogP contribution in [-0.2, 0) is 22.7 Å². The van der Waals surface area contributed by atoms with Gasteiger partial charge in [-0.3, -0.25) is 9.59 Å². The molecule has 0 spiro atoms. The van der Waals surface area contributed by atoms with Crippen LogP contribution in [0.15, 0.2) is 124 Å². The number of aromatic nitrogens is 2. The van der Waals surface area contributed by atoms with E-state index in [2.05, 4.69) is 35.1 Å². The Labute approximate surface area is 310 Å². The summed E-state index contributed by atoms with van der Waals surface area (Å²) in [4.78, 5) is 30.5. The highest BCUT2D eigenvalue weighted by molar-refractivity contribution is 7.19. The first-order valence-corrected chi connectivity index (χ1v) is 19.4. The molecule has 7 nitrogen and oxygen atoms in total. The van der Waals surface area contributed by atoms with Gasteiger partial charge < -0.3 is 15.1 Å². The van der Waals surface area contributed by atoms with E-state index in [9.17, 15) is 19.8 Å². The van der Waals surface area contributed by atoms with Gasteiger partial charge in [-0.15, -0.1) is 0 Å². The van der Waals surface area contributed by atoms with E-state index in [1.807, 2.05) is 84.8 Å². The summed E-state index contributed by atoms with van der Waals surface area (Å²) in [6, 6.07) is 24.0. The molecule has 0 bridgehead atoms. The third-order valence-corrected chi connectivity index (χ3v) is 12.3. The minimum Gasteiger partial charge on any atom is -0.871 e. The Morgan fingerprint density at radius 1 is 0.808 bits per heavy atom. The normalized spacial score (nSPS) is 18.2. The molecule has 9 heteroatoms. The van der Waals surface area contributed by atoms with Crippen LogP contribution in [0.5, 0.6) is 0 Å². The van der Waals surface area contributed by atoms with Crippen LogP contribution in [0.25, 0.3) is 38.2 Å². The van der Waals surface area contributed by atoms with Crippen LogP contribution in [0, 0.1) is 0 Å². The van der Waals surface area contributed by atoms with Gasteiger partial charge >= 0.3 is 0 Å². The first-order valence-electron chi connectivity index (χ1n) is 17.8. The van der Waals surface area contributed by atoms with E-state index in [1.165, 1.54) is 11.3 Å². The molecular weight excluding hydrogens is 687 g/mol. The molecule has 2 aromatic heterocycles. The number of fused-ring (bicyclic) bond motifs is 3. The number of hydrogen-bond donors (Lipinski definition) is 1. The molecule has 0 saturated carbocycles. The number of carbonyl (C=O) groups is 2. The minimum absolute atomic E-state index is 0.0159. The van der Waals surface area contributed by atoms with Gasteiger partial charge in [0, 0.05) is 60.6 Å². The van der Waals surface area contributed by atoms with Crippen LogP contribution < -0.4 is 19.1 Å². The number of carbonyl (C=O) groups excluding carboxylic acids is 2. The molecule has 0 amide bonds. The van der Waals surface area contributed by atoms with Gasteiger partial charge in [0.2, 0.25) is 16.8 Å². The lowest BCUT2D eigenvalue weighted by Gasteiger charge is -2.33. The van der Waals surface area contributed by atoms with Crippen molar-refractivity contribution < 1.29 is 28.9 Å². The molecular formula is C43H38N3O4S2+. The number of hydrogen-bond acceptors (Lipinski definition) is 7. The van der Waals surface area contributed by atoms with Crippen molar-refractivity contribution in [1.29, 1.82) is 0 Å². The Morgan fingerprint density at radius 2 is 1.44 bits per heavy atom. The van der Waals surface area contributed by atoms with Gasteiger partial charge in [-0.05, 0) is 35.9 Å². The standard InChI is InChI=1S/C43H37N3O4S2/c1-4-6-22-45-31-16-10-12-18-33(31)51-35(45)25-29-41(49)38(42(29)50)36(43-46(23-7-5-2)32-17-11-13-19-34(32)52-43)37-39(47)28(40(37)48)24-27-21-20-26-14-8-9-15-30(26)44(27)3/h8-21,24-25H,4-7,22-23H2,1-3H3/p+1. The molecule has 52 heavy (non-hydrogen) atoms. The molecule has 8 rings (SSSR count). The summed E-state index contributed by atoms with van der Waals surface area (Å²) < 4.78 is 6.32. The summed E-state index contributed by atoms with van der Waals surface area (Å²) in [5, 5.41) is 27.5. The Morgan fingerprint density at radius 3 is 2.13 bits per heavy atom. The number of likely N-dealkylation sites (N-methyl/N-ethyl adjacent to an activating group) is 1. The van der Waals surface area contributed by atoms with Gasteiger partial charge in [0.05, 0.1) is 16.7 Å². The molecule has 3 aliphatic rings. The number of thiazole rings is 2.